The van der Waals surface area contributed by atoms with E-state index in [2.05, 4.69) is 20.6 Å². The molecule has 0 unspecified atom stereocenters. The third kappa shape index (κ3) is 3.10. The lowest BCUT2D eigenvalue weighted by molar-refractivity contribution is 0.414. The van der Waals surface area contributed by atoms with Gasteiger partial charge in [-0.2, -0.15) is 0 Å². The van der Waals surface area contributed by atoms with Crippen LogP contribution in [0.4, 0.5) is 11.6 Å². The summed E-state index contributed by atoms with van der Waals surface area (Å²) in [5, 5.41) is 6.17. The van der Waals surface area contributed by atoms with Gasteiger partial charge in [-0.25, -0.2) is 4.98 Å². The minimum absolute atomic E-state index is 0.680. The zero-order valence-corrected chi connectivity index (χ0v) is 10.5. The first-order valence-electron chi connectivity index (χ1n) is 5.68. The second-order valence-electron chi connectivity index (χ2n) is 3.74. The van der Waals surface area contributed by atoms with Crippen molar-refractivity contribution < 1.29 is 4.74 Å². The number of rotatable bonds is 5. The first-order chi connectivity index (χ1) is 8.81. The van der Waals surface area contributed by atoms with E-state index in [1.807, 2.05) is 31.3 Å². The zero-order valence-electron chi connectivity index (χ0n) is 10.5. The molecule has 2 aromatic rings. The summed E-state index contributed by atoms with van der Waals surface area (Å²) in [4.78, 5) is 8.42. The summed E-state index contributed by atoms with van der Waals surface area (Å²) < 4.78 is 5.18. The lowest BCUT2D eigenvalue weighted by Gasteiger charge is -2.08. The van der Waals surface area contributed by atoms with Crippen LogP contribution in [0.5, 0.6) is 5.75 Å². The monoisotopic (exact) mass is 244 g/mol. The van der Waals surface area contributed by atoms with Gasteiger partial charge >= 0.3 is 0 Å². The fraction of sp³-hybridized carbons (Fsp3) is 0.231. The number of nitrogens with one attached hydrogen (secondary N) is 2. The summed E-state index contributed by atoms with van der Waals surface area (Å²) >= 11 is 0. The van der Waals surface area contributed by atoms with Crippen LogP contribution in [0.15, 0.2) is 36.7 Å². The normalized spacial score (nSPS) is 9.89. The highest BCUT2D eigenvalue weighted by Gasteiger charge is 1.99. The molecule has 5 nitrogen and oxygen atoms in total. The summed E-state index contributed by atoms with van der Waals surface area (Å²) in [7, 11) is 3.48. The van der Waals surface area contributed by atoms with Gasteiger partial charge in [0.15, 0.2) is 0 Å². The predicted octanol–water partition coefficient (Wildman–Crippen LogP) is 2.14. The number of hydrogen-bond acceptors (Lipinski definition) is 5. The Kier molecular flexibility index (Phi) is 3.96. The van der Waals surface area contributed by atoms with Crippen molar-refractivity contribution in [3.8, 4) is 5.75 Å². The van der Waals surface area contributed by atoms with Crippen molar-refractivity contribution in [2.24, 2.45) is 0 Å². The molecule has 1 heterocycles. The molecule has 0 saturated heterocycles. The molecule has 0 spiro atoms. The van der Waals surface area contributed by atoms with Crippen LogP contribution in [-0.2, 0) is 6.54 Å². The summed E-state index contributed by atoms with van der Waals surface area (Å²) in [6.45, 7) is 0.680. The smallest absolute Gasteiger partial charge is 0.147 e. The fourth-order valence-electron chi connectivity index (χ4n) is 1.55. The molecule has 5 heteroatoms. The van der Waals surface area contributed by atoms with Crippen LogP contribution in [0.2, 0.25) is 0 Å². The van der Waals surface area contributed by atoms with Crippen molar-refractivity contribution in [2.75, 3.05) is 24.8 Å². The van der Waals surface area contributed by atoms with E-state index in [1.165, 1.54) is 0 Å². The van der Waals surface area contributed by atoms with Crippen molar-refractivity contribution in [2.45, 2.75) is 6.54 Å². The maximum Gasteiger partial charge on any atom is 0.147 e. The van der Waals surface area contributed by atoms with E-state index in [0.29, 0.717) is 6.54 Å². The van der Waals surface area contributed by atoms with E-state index < -0.39 is 0 Å². The number of anilines is 2. The molecule has 2 N–H and O–H groups in total. The average molecular weight is 244 g/mol. The third-order valence-electron chi connectivity index (χ3n) is 2.50. The van der Waals surface area contributed by atoms with E-state index in [9.17, 15) is 0 Å². The van der Waals surface area contributed by atoms with Crippen LogP contribution in [0, 0.1) is 0 Å². The lowest BCUT2D eigenvalue weighted by Crippen LogP contribution is -2.03. The van der Waals surface area contributed by atoms with Gasteiger partial charge in [0.25, 0.3) is 0 Å². The van der Waals surface area contributed by atoms with E-state index in [1.54, 1.807) is 19.5 Å². The summed E-state index contributed by atoms with van der Waals surface area (Å²) in [5.74, 6) is 2.33. The van der Waals surface area contributed by atoms with E-state index in [4.69, 9.17) is 4.74 Å². The third-order valence-corrected chi connectivity index (χ3v) is 2.50. The topological polar surface area (TPSA) is 59.1 Å². The zero-order chi connectivity index (χ0) is 12.8. The van der Waals surface area contributed by atoms with Gasteiger partial charge in [0.05, 0.1) is 19.5 Å². The van der Waals surface area contributed by atoms with Crippen LogP contribution in [0.25, 0.3) is 0 Å². The van der Waals surface area contributed by atoms with Gasteiger partial charge in [0.1, 0.15) is 17.4 Å². The average Bonchev–Trinajstić information content (AvgIpc) is 2.45. The SMILES string of the molecule is CNc1cncc(NCc2cccc(OC)c2)n1. The maximum absolute atomic E-state index is 5.18. The highest BCUT2D eigenvalue weighted by molar-refractivity contribution is 5.42. The summed E-state index contributed by atoms with van der Waals surface area (Å²) in [6.07, 6.45) is 3.37. The molecule has 0 aliphatic heterocycles. The Labute approximate surface area is 106 Å². The minimum Gasteiger partial charge on any atom is -0.497 e. The minimum atomic E-state index is 0.680. The number of benzene rings is 1. The molecule has 1 aromatic carbocycles. The molecule has 0 saturated carbocycles. The Morgan fingerprint density at radius 3 is 2.83 bits per heavy atom. The number of nitrogens with zero attached hydrogens (tertiary/aromatic N) is 2. The molecule has 0 radical (unpaired) electrons. The van der Waals surface area contributed by atoms with Crippen molar-refractivity contribution >= 4 is 11.6 Å². The summed E-state index contributed by atoms with van der Waals surface area (Å²) in [6, 6.07) is 7.91. The van der Waals surface area contributed by atoms with Gasteiger partial charge in [-0.15, -0.1) is 0 Å². The molecule has 94 valence electrons. The Hall–Kier alpha value is -2.30. The Morgan fingerprint density at radius 1 is 1.22 bits per heavy atom. The maximum atomic E-state index is 5.18. The largest absolute Gasteiger partial charge is 0.497 e. The van der Waals surface area contributed by atoms with Gasteiger partial charge in [-0.05, 0) is 17.7 Å². The molecule has 2 rings (SSSR count). The van der Waals surface area contributed by atoms with Gasteiger partial charge in [0, 0.05) is 13.6 Å². The second-order valence-corrected chi connectivity index (χ2v) is 3.74. The summed E-state index contributed by atoms with van der Waals surface area (Å²) in [5.41, 5.74) is 1.13. The molecular weight excluding hydrogens is 228 g/mol. The van der Waals surface area contributed by atoms with E-state index >= 15 is 0 Å². The Morgan fingerprint density at radius 2 is 2.06 bits per heavy atom. The molecule has 1 aromatic heterocycles. The van der Waals surface area contributed by atoms with Gasteiger partial charge in [0.2, 0.25) is 0 Å². The van der Waals surface area contributed by atoms with Crippen molar-refractivity contribution in [3.63, 3.8) is 0 Å². The van der Waals surface area contributed by atoms with Crippen molar-refractivity contribution in [1.82, 2.24) is 9.97 Å². The molecule has 0 aliphatic carbocycles. The number of ether oxygens (including phenoxy) is 1. The standard InChI is InChI=1S/C13H16N4O/c1-14-12-8-15-9-13(17-12)16-7-10-4-3-5-11(6-10)18-2/h3-6,8-9H,7H2,1-2H3,(H2,14,16,17). The quantitative estimate of drug-likeness (QED) is 0.843. The van der Waals surface area contributed by atoms with Crippen LogP contribution >= 0.6 is 0 Å². The van der Waals surface area contributed by atoms with Gasteiger partial charge in [-0.1, -0.05) is 12.1 Å². The van der Waals surface area contributed by atoms with Crippen LogP contribution in [0.1, 0.15) is 5.56 Å². The molecule has 0 bridgehead atoms. The highest BCUT2D eigenvalue weighted by atomic mass is 16.5. The number of hydrogen-bond donors (Lipinski definition) is 2. The molecule has 0 fully saturated rings. The molecular formula is C13H16N4O. The fourth-order valence-corrected chi connectivity index (χ4v) is 1.55. The van der Waals surface area contributed by atoms with Gasteiger partial charge in [-0.3, -0.25) is 4.98 Å². The highest BCUT2D eigenvalue weighted by Crippen LogP contribution is 2.14. The van der Waals surface area contributed by atoms with E-state index in [-0.39, 0.29) is 0 Å². The predicted molar refractivity (Wildman–Crippen MR) is 71.9 cm³/mol. The molecule has 18 heavy (non-hydrogen) atoms. The lowest BCUT2D eigenvalue weighted by atomic mass is 10.2. The molecule has 0 amide bonds. The number of aromatic nitrogens is 2. The van der Waals surface area contributed by atoms with Crippen molar-refractivity contribution in [1.29, 1.82) is 0 Å². The van der Waals surface area contributed by atoms with Gasteiger partial charge < -0.3 is 15.4 Å². The molecule has 0 atom stereocenters. The van der Waals surface area contributed by atoms with Crippen LogP contribution in [-0.4, -0.2) is 24.1 Å². The van der Waals surface area contributed by atoms with E-state index in [0.717, 1.165) is 22.9 Å². The second kappa shape index (κ2) is 5.86. The van der Waals surface area contributed by atoms with Crippen LogP contribution in [0.3, 0.4) is 0 Å². The first-order valence-corrected chi connectivity index (χ1v) is 5.68. The Balaban J connectivity index is 2.01. The van der Waals surface area contributed by atoms with Crippen molar-refractivity contribution in [3.05, 3.63) is 42.2 Å². The Bertz CT molecular complexity index is 468. The first kappa shape index (κ1) is 12.2. The van der Waals surface area contributed by atoms with Crippen LogP contribution < -0.4 is 15.4 Å². The molecule has 0 aliphatic rings. The number of methoxy groups -OCH3 is 1.